The van der Waals surface area contributed by atoms with Crippen LogP contribution in [0.2, 0.25) is 0 Å². The lowest BCUT2D eigenvalue weighted by Gasteiger charge is -2.38. The molecule has 1 aliphatic rings. The summed E-state index contributed by atoms with van der Waals surface area (Å²) in [6.07, 6.45) is 5.98. The minimum Gasteiger partial charge on any atom is -0.368 e. The number of carbonyl (C=O) groups excluding carboxylic acids is 1. The van der Waals surface area contributed by atoms with Crippen LogP contribution in [0.1, 0.15) is 39.0 Å². The average Bonchev–Trinajstić information content (AvgIpc) is 2.29. The fourth-order valence-electron chi connectivity index (χ4n) is 2.65. The van der Waals surface area contributed by atoms with E-state index in [9.17, 15) is 4.79 Å². The Kier molecular flexibility index (Phi) is 5.40. The Morgan fingerprint density at radius 3 is 2.41 bits per heavy atom. The molecule has 1 unspecified atom stereocenters. The van der Waals surface area contributed by atoms with Gasteiger partial charge in [-0.05, 0) is 39.8 Å². The highest BCUT2D eigenvalue weighted by molar-refractivity contribution is 5.84. The Balaban J connectivity index is 2.57. The number of primary amides is 1. The molecular formula is C13H27N3O. The van der Waals surface area contributed by atoms with Crippen molar-refractivity contribution < 1.29 is 4.79 Å². The lowest BCUT2D eigenvalue weighted by atomic mass is 9.75. The molecule has 3 N–H and O–H groups in total. The minimum absolute atomic E-state index is 0.205. The van der Waals surface area contributed by atoms with Gasteiger partial charge in [-0.2, -0.15) is 0 Å². The van der Waals surface area contributed by atoms with Gasteiger partial charge in [0.2, 0.25) is 5.91 Å². The van der Waals surface area contributed by atoms with E-state index in [0.717, 1.165) is 25.9 Å². The van der Waals surface area contributed by atoms with E-state index < -0.39 is 5.54 Å². The third-order valence-electron chi connectivity index (χ3n) is 3.98. The molecule has 0 spiro atoms. The van der Waals surface area contributed by atoms with Crippen LogP contribution < -0.4 is 11.1 Å². The molecule has 1 atom stereocenters. The zero-order chi connectivity index (χ0) is 12.9. The van der Waals surface area contributed by atoms with Crippen LogP contribution >= 0.6 is 0 Å². The van der Waals surface area contributed by atoms with Gasteiger partial charge in [-0.15, -0.1) is 0 Å². The second-order valence-corrected chi connectivity index (χ2v) is 5.63. The normalized spacial score (nSPS) is 21.4. The predicted octanol–water partition coefficient (Wildman–Crippen LogP) is 0.962. The van der Waals surface area contributed by atoms with Gasteiger partial charge >= 0.3 is 0 Å². The molecular weight excluding hydrogens is 214 g/mol. The highest BCUT2D eigenvalue weighted by Gasteiger charge is 2.39. The van der Waals surface area contributed by atoms with E-state index in [0.29, 0.717) is 5.92 Å². The first-order valence-corrected chi connectivity index (χ1v) is 6.66. The van der Waals surface area contributed by atoms with Gasteiger partial charge in [0.15, 0.2) is 0 Å². The third-order valence-corrected chi connectivity index (χ3v) is 3.98. The number of likely N-dealkylation sites (N-methyl/N-ethyl adjacent to an activating group) is 1. The quantitative estimate of drug-likeness (QED) is 0.728. The molecule has 1 saturated carbocycles. The van der Waals surface area contributed by atoms with E-state index in [2.05, 4.69) is 10.2 Å². The molecule has 4 heteroatoms. The van der Waals surface area contributed by atoms with Crippen molar-refractivity contribution in [1.29, 1.82) is 0 Å². The molecule has 0 aromatic rings. The number of rotatable bonds is 6. The van der Waals surface area contributed by atoms with E-state index >= 15 is 0 Å². The fraction of sp³-hybridized carbons (Fsp3) is 0.923. The largest absolute Gasteiger partial charge is 0.368 e. The van der Waals surface area contributed by atoms with E-state index in [4.69, 9.17) is 5.73 Å². The summed E-state index contributed by atoms with van der Waals surface area (Å²) in [5.74, 6) is 0.194. The molecule has 0 bridgehead atoms. The number of carbonyl (C=O) groups is 1. The zero-order valence-electron chi connectivity index (χ0n) is 11.5. The van der Waals surface area contributed by atoms with Crippen molar-refractivity contribution in [3.8, 4) is 0 Å². The van der Waals surface area contributed by atoms with Crippen molar-refractivity contribution in [3.05, 3.63) is 0 Å². The first kappa shape index (κ1) is 14.5. The monoisotopic (exact) mass is 241 g/mol. The summed E-state index contributed by atoms with van der Waals surface area (Å²) in [5, 5.41) is 3.38. The minimum atomic E-state index is -0.531. The van der Waals surface area contributed by atoms with Gasteiger partial charge in [0.05, 0.1) is 5.54 Å². The second kappa shape index (κ2) is 6.36. The van der Waals surface area contributed by atoms with Gasteiger partial charge in [-0.25, -0.2) is 0 Å². The summed E-state index contributed by atoms with van der Waals surface area (Å²) in [6, 6.07) is 0. The molecule has 0 aromatic carbocycles. The summed E-state index contributed by atoms with van der Waals surface area (Å²) in [6.45, 7) is 3.71. The first-order valence-electron chi connectivity index (χ1n) is 6.66. The van der Waals surface area contributed by atoms with E-state index in [1.54, 1.807) is 0 Å². The van der Waals surface area contributed by atoms with Crippen molar-refractivity contribution >= 4 is 5.91 Å². The number of hydrogen-bond donors (Lipinski definition) is 2. The fourth-order valence-corrected chi connectivity index (χ4v) is 2.65. The Morgan fingerprint density at radius 2 is 1.94 bits per heavy atom. The molecule has 1 amide bonds. The van der Waals surface area contributed by atoms with Gasteiger partial charge in [0, 0.05) is 13.1 Å². The Bertz CT molecular complexity index is 249. The van der Waals surface area contributed by atoms with Gasteiger partial charge in [0.1, 0.15) is 0 Å². The summed E-state index contributed by atoms with van der Waals surface area (Å²) >= 11 is 0. The van der Waals surface area contributed by atoms with Crippen molar-refractivity contribution in [2.24, 2.45) is 11.7 Å². The maximum Gasteiger partial charge on any atom is 0.237 e. The highest BCUT2D eigenvalue weighted by atomic mass is 16.1. The van der Waals surface area contributed by atoms with Crippen LogP contribution in [0.15, 0.2) is 0 Å². The molecule has 100 valence electrons. The number of amides is 1. The molecule has 1 rings (SSSR count). The summed E-state index contributed by atoms with van der Waals surface area (Å²) < 4.78 is 0. The highest BCUT2D eigenvalue weighted by Crippen LogP contribution is 2.32. The van der Waals surface area contributed by atoms with Crippen LogP contribution in [0.4, 0.5) is 0 Å². The Hall–Kier alpha value is -0.610. The summed E-state index contributed by atoms with van der Waals surface area (Å²) in [4.78, 5) is 13.8. The van der Waals surface area contributed by atoms with Gasteiger partial charge in [-0.1, -0.05) is 19.3 Å². The predicted molar refractivity (Wildman–Crippen MR) is 70.7 cm³/mol. The zero-order valence-corrected chi connectivity index (χ0v) is 11.5. The van der Waals surface area contributed by atoms with Crippen LogP contribution in [0.25, 0.3) is 0 Å². The summed E-state index contributed by atoms with van der Waals surface area (Å²) in [7, 11) is 4.06. The lowest BCUT2D eigenvalue weighted by Crippen LogP contribution is -2.59. The van der Waals surface area contributed by atoms with Crippen molar-refractivity contribution in [2.75, 3.05) is 27.2 Å². The van der Waals surface area contributed by atoms with Crippen molar-refractivity contribution in [3.63, 3.8) is 0 Å². The molecule has 17 heavy (non-hydrogen) atoms. The number of nitrogens with zero attached hydrogens (tertiary/aromatic N) is 1. The maximum atomic E-state index is 11.7. The summed E-state index contributed by atoms with van der Waals surface area (Å²) in [5.41, 5.74) is 5.07. The van der Waals surface area contributed by atoms with Crippen molar-refractivity contribution in [1.82, 2.24) is 10.2 Å². The molecule has 1 aliphatic carbocycles. The SMILES string of the molecule is CN(C)CCNC(C)(C(N)=O)C1CCCCC1. The second-order valence-electron chi connectivity index (χ2n) is 5.63. The molecule has 0 aromatic heterocycles. The number of nitrogens with one attached hydrogen (secondary N) is 1. The van der Waals surface area contributed by atoms with Gasteiger partial charge in [0.25, 0.3) is 0 Å². The standard InChI is InChI=1S/C13H27N3O/c1-13(12(14)17,15-9-10-16(2)3)11-7-5-4-6-8-11/h11,15H,4-10H2,1-3H3,(H2,14,17). The van der Waals surface area contributed by atoms with E-state index in [1.165, 1.54) is 19.3 Å². The average molecular weight is 241 g/mol. The molecule has 1 fully saturated rings. The Morgan fingerprint density at radius 1 is 1.35 bits per heavy atom. The topological polar surface area (TPSA) is 58.4 Å². The van der Waals surface area contributed by atoms with E-state index in [1.807, 2.05) is 21.0 Å². The molecule has 0 aliphatic heterocycles. The van der Waals surface area contributed by atoms with Gasteiger partial charge in [-0.3, -0.25) is 4.79 Å². The number of nitrogens with two attached hydrogens (primary N) is 1. The molecule has 4 nitrogen and oxygen atoms in total. The maximum absolute atomic E-state index is 11.7. The van der Waals surface area contributed by atoms with Crippen LogP contribution in [0.3, 0.4) is 0 Å². The van der Waals surface area contributed by atoms with Crippen LogP contribution in [-0.4, -0.2) is 43.5 Å². The Labute approximate surface area is 105 Å². The number of hydrogen-bond acceptors (Lipinski definition) is 3. The van der Waals surface area contributed by atoms with Gasteiger partial charge < -0.3 is 16.0 Å². The van der Waals surface area contributed by atoms with Crippen LogP contribution in [0, 0.1) is 5.92 Å². The first-order chi connectivity index (χ1) is 7.97. The van der Waals surface area contributed by atoms with Crippen LogP contribution in [-0.2, 0) is 4.79 Å². The molecule has 0 saturated heterocycles. The third kappa shape index (κ3) is 3.96. The lowest BCUT2D eigenvalue weighted by molar-refractivity contribution is -0.126. The molecule has 0 heterocycles. The molecule has 0 radical (unpaired) electrons. The van der Waals surface area contributed by atoms with E-state index in [-0.39, 0.29) is 5.91 Å². The smallest absolute Gasteiger partial charge is 0.237 e. The van der Waals surface area contributed by atoms with Crippen molar-refractivity contribution in [2.45, 2.75) is 44.6 Å². The van der Waals surface area contributed by atoms with Crippen LogP contribution in [0.5, 0.6) is 0 Å².